The Labute approximate surface area is 604 Å². The number of ether oxygens (including phenoxy) is 6. The number of aliphatic hydroxyl groups is 9. The second-order valence-corrected chi connectivity index (χ2v) is 24.2. The smallest absolute Gasteiger partial charge is 0.364 e. The van der Waals surface area contributed by atoms with Gasteiger partial charge in [0.25, 0.3) is 5.79 Å². The van der Waals surface area contributed by atoms with Crippen molar-refractivity contribution in [3.05, 3.63) is 0 Å². The van der Waals surface area contributed by atoms with Gasteiger partial charge in [-0.2, -0.15) is 0 Å². The van der Waals surface area contributed by atoms with Gasteiger partial charge in [0.15, 0.2) is 29.9 Å². The largest absolute Gasteiger partial charge is 0.480 e. The molecule has 0 aromatic rings. The third kappa shape index (κ3) is 34.6. The zero-order chi connectivity index (χ0) is 79.8. The van der Waals surface area contributed by atoms with Gasteiger partial charge < -0.3 is 131 Å². The quantitative estimate of drug-likeness (QED) is 0.0252. The number of aliphatic hydroxyl groups excluding tert-OH is 9. The lowest BCUT2D eigenvalue weighted by atomic mass is 9.88. The molecule has 3 aliphatic rings. The summed E-state index contributed by atoms with van der Waals surface area (Å²) in [7, 11) is 0. The maximum atomic E-state index is 12.6. The zero-order valence-corrected chi connectivity index (χ0v) is 59.9. The fraction of sp³-hybridized carbons (Fsp3) is 0.766. The predicted octanol–water partition coefficient (Wildman–Crippen LogP) is -7.34. The molecular formula is C64H106N8O33. The van der Waals surface area contributed by atoms with Crippen LogP contribution in [0.2, 0.25) is 0 Å². The molecule has 7 unspecified atom stereocenters. The first-order valence-corrected chi connectivity index (χ1v) is 34.3. The Hall–Kier alpha value is -7.75. The summed E-state index contributed by atoms with van der Waals surface area (Å²) in [6, 6.07) is -2.87. The third-order valence-corrected chi connectivity index (χ3v) is 15.9. The van der Waals surface area contributed by atoms with Gasteiger partial charge in [0.05, 0.1) is 51.6 Å². The van der Waals surface area contributed by atoms with Gasteiger partial charge in [0, 0.05) is 91.2 Å². The number of carboxylic acid groups (broad SMARTS) is 3. The van der Waals surface area contributed by atoms with Gasteiger partial charge in [-0.15, -0.1) is 0 Å². The number of carbonyl (C=O) groups excluding carboxylic acids is 12. The monoisotopic (exact) mass is 1510 g/mol. The summed E-state index contributed by atoms with van der Waals surface area (Å²) in [6.07, 6.45) is -23.1. The summed E-state index contributed by atoms with van der Waals surface area (Å²) in [5.41, 5.74) is 0. The molecule has 0 saturated carbocycles. The number of hydrogen-bond acceptors (Lipinski definition) is 30. The lowest BCUT2D eigenvalue weighted by Gasteiger charge is -2.48. The van der Waals surface area contributed by atoms with Crippen molar-refractivity contribution in [3.63, 3.8) is 0 Å². The lowest BCUT2D eigenvalue weighted by Crippen LogP contribution is -2.69. The Morgan fingerprint density at radius 1 is 0.533 bits per heavy atom. The van der Waals surface area contributed by atoms with Crippen LogP contribution >= 0.6 is 0 Å². The molecule has 0 radical (unpaired) electrons. The molecule has 3 saturated heterocycles. The van der Waals surface area contributed by atoms with Crippen LogP contribution in [0.15, 0.2) is 0 Å². The Morgan fingerprint density at radius 3 is 1.55 bits per heavy atom. The Bertz CT molecular complexity index is 2860. The number of carbonyl (C=O) groups is 15. The normalized spacial score (nSPS) is 24.5. The van der Waals surface area contributed by atoms with E-state index in [1.165, 1.54) is 6.92 Å². The molecule has 3 heterocycles. The van der Waals surface area contributed by atoms with Crippen molar-refractivity contribution in [2.24, 2.45) is 0 Å². The average molecular weight is 1520 g/mol. The van der Waals surface area contributed by atoms with E-state index in [9.17, 15) is 123 Å². The van der Waals surface area contributed by atoms with Crippen LogP contribution in [0, 0.1) is 0 Å². The molecule has 16 atom stereocenters. The molecule has 18 N–H and O–H groups in total. The van der Waals surface area contributed by atoms with Crippen molar-refractivity contribution in [3.8, 4) is 0 Å². The van der Waals surface area contributed by atoms with Gasteiger partial charge in [-0.3, -0.25) is 67.1 Å². The van der Waals surface area contributed by atoms with E-state index in [4.69, 9.17) is 38.6 Å². The van der Waals surface area contributed by atoms with Crippen LogP contribution < -0.4 is 31.9 Å². The van der Waals surface area contributed by atoms with Gasteiger partial charge >= 0.3 is 17.9 Å². The fourth-order valence-corrected chi connectivity index (χ4v) is 10.3. The molecule has 41 heteroatoms. The van der Waals surface area contributed by atoms with Gasteiger partial charge in [0.1, 0.15) is 99.0 Å². The van der Waals surface area contributed by atoms with Gasteiger partial charge in [-0.1, -0.05) is 27.7 Å². The van der Waals surface area contributed by atoms with Crippen molar-refractivity contribution in [2.75, 3.05) is 78.8 Å². The van der Waals surface area contributed by atoms with Crippen molar-refractivity contribution >= 4 is 88.3 Å². The third-order valence-electron chi connectivity index (χ3n) is 15.9. The first-order valence-electron chi connectivity index (χ1n) is 34.3. The lowest BCUT2D eigenvalue weighted by molar-refractivity contribution is -0.360. The van der Waals surface area contributed by atoms with Crippen molar-refractivity contribution < 1.29 is 162 Å². The zero-order valence-electron chi connectivity index (χ0n) is 59.9. The van der Waals surface area contributed by atoms with Gasteiger partial charge in [0.2, 0.25) is 47.3 Å². The molecule has 8 amide bonds. The van der Waals surface area contributed by atoms with E-state index in [1.807, 2.05) is 13.8 Å². The van der Waals surface area contributed by atoms with E-state index >= 15 is 0 Å². The minimum absolute atomic E-state index is 0.0223. The van der Waals surface area contributed by atoms with E-state index in [2.05, 4.69) is 31.9 Å². The molecule has 0 aromatic carbocycles. The average Bonchev–Trinajstić information content (AvgIpc) is 0.773. The van der Waals surface area contributed by atoms with Crippen molar-refractivity contribution in [1.29, 1.82) is 0 Å². The van der Waals surface area contributed by atoms with Gasteiger partial charge in [-0.25, -0.2) is 4.79 Å². The van der Waals surface area contributed by atoms with Crippen LogP contribution in [0.25, 0.3) is 0 Å². The van der Waals surface area contributed by atoms with E-state index in [0.717, 1.165) is 18.7 Å². The highest BCUT2D eigenvalue weighted by Gasteiger charge is 2.57. The van der Waals surface area contributed by atoms with Crippen molar-refractivity contribution in [2.45, 2.75) is 236 Å². The highest BCUT2D eigenvalue weighted by molar-refractivity contribution is 5.94. The molecule has 3 fully saturated rings. The molecule has 3 rings (SSSR count). The van der Waals surface area contributed by atoms with Crippen LogP contribution in [0.5, 0.6) is 0 Å². The first kappa shape index (κ1) is 95.3. The maximum Gasteiger partial charge on any atom is 0.364 e. The number of nitrogens with zero attached hydrogens (tertiary/aromatic N) is 2. The second kappa shape index (κ2) is 49.9. The van der Waals surface area contributed by atoms with E-state index in [-0.39, 0.29) is 75.1 Å². The summed E-state index contributed by atoms with van der Waals surface area (Å²) >= 11 is 0. The standard InChI is InChI=1S/C39H65N3O22.C23H35N5O11.C2H6/c1-4-20(47)14-40-26(51)11-6-5-9-21(48)10-7-8-12-59-36-28(42-19(3)46)31(54)34(24(16-44)61-36)63-37-33(56)32(55)30(53)25(62-37)17-60-39(38(57)58)13-22(49)27(41-18(2)45)35(64-39)29(52)23(50)15-43;1-3-20(34)27(13-22(36)37)11-18(32)26-10-16(30)6-8-21(35)28(14-23(38)39)12-19(33)25-9-15(29)5-7-17(31)24-4-2;1-2/h22-25,27-37,43-44,49-50,52-56H,4-17H2,1-3H3,(H,40,51)(H,41,45)(H,42,46)(H,57,58);3-14H2,1-2H3,(H,24,31)(H,25,33)(H,26,32)(H,36,37)(H,38,39);1-2H3/t22-,23?,24?,25?,27-,28?,29?,30+,31-,32+,33?,34-,35?,36-,37+,39-;;/m1../s1. The minimum atomic E-state index is -2.87. The SMILES string of the molecule is CC.CCC(=O)CNC(=O)CCCCC(=O)CCCCO[C@@H]1OC(CO)[C@@H](O[C@@H]2OC(CO[C@]3(C(=O)O)C[C@@H](O)[C@@H](NC(C)=O)C(C(O)C(O)CO)O3)[C@H](O)[C@H](O)C2O)[C@H](O)C1NC(C)=O.CCNC(=O)CCC(=O)CNC(=O)CN(CC(=O)O)C(=O)CCC(=O)CNC(=O)CN(CC(=O)O)C(=O)CC. The Balaban J connectivity index is 0.00000115. The molecule has 0 bridgehead atoms. The van der Waals surface area contributed by atoms with Crippen LogP contribution in [-0.2, 0) is 100 Å². The molecule has 105 heavy (non-hydrogen) atoms. The highest BCUT2D eigenvalue weighted by atomic mass is 16.8. The molecule has 0 aliphatic carbocycles. The van der Waals surface area contributed by atoms with Crippen LogP contribution in [0.1, 0.15) is 138 Å². The molecule has 0 spiro atoms. The van der Waals surface area contributed by atoms with E-state index in [0.29, 0.717) is 43.5 Å². The number of carboxylic acids is 3. The van der Waals surface area contributed by atoms with Crippen LogP contribution in [0.3, 0.4) is 0 Å². The minimum Gasteiger partial charge on any atom is -0.480 e. The Kier molecular flexibility index (Phi) is 45.3. The van der Waals surface area contributed by atoms with E-state index < -0.39 is 241 Å². The molecule has 41 nitrogen and oxygen atoms in total. The number of unbranched alkanes of at least 4 members (excludes halogenated alkanes) is 2. The molecule has 600 valence electrons. The molecule has 0 aromatic heterocycles. The summed E-state index contributed by atoms with van der Waals surface area (Å²) in [6.45, 7) is 4.84. The Morgan fingerprint density at radius 2 is 1.04 bits per heavy atom. The number of nitrogens with one attached hydrogen (secondary N) is 6. The number of Topliss-reactive ketones (excluding diaryl/α,β-unsaturated/α-hetero) is 4. The second-order valence-electron chi connectivity index (χ2n) is 24.2. The van der Waals surface area contributed by atoms with Crippen molar-refractivity contribution in [1.82, 2.24) is 41.7 Å². The molecule has 3 aliphatic heterocycles. The van der Waals surface area contributed by atoms with E-state index in [1.54, 1.807) is 13.8 Å². The fourth-order valence-electron chi connectivity index (χ4n) is 10.3. The van der Waals surface area contributed by atoms with Crippen LogP contribution in [0.4, 0.5) is 0 Å². The molecular weight excluding hydrogens is 1410 g/mol. The van der Waals surface area contributed by atoms with Crippen LogP contribution in [-0.4, -0.2) is 336 Å². The predicted molar refractivity (Wildman–Crippen MR) is 354 cm³/mol. The topological polar surface area (TPSA) is 633 Å². The number of aliphatic carboxylic acids is 3. The summed E-state index contributed by atoms with van der Waals surface area (Å²) in [4.78, 5) is 179. The maximum absolute atomic E-state index is 12.6. The number of amides is 8. The first-order chi connectivity index (χ1) is 49.5. The number of hydrogen-bond donors (Lipinski definition) is 18. The summed E-state index contributed by atoms with van der Waals surface area (Å²) in [5, 5.41) is 138. The summed E-state index contributed by atoms with van der Waals surface area (Å²) in [5.74, 6) is -13.7. The number of rotatable bonds is 46. The number of ketones is 4. The highest BCUT2D eigenvalue weighted by Crippen LogP contribution is 2.36. The summed E-state index contributed by atoms with van der Waals surface area (Å²) < 4.78 is 34.2. The van der Waals surface area contributed by atoms with Gasteiger partial charge in [-0.05, 0) is 32.6 Å².